The van der Waals surface area contributed by atoms with Crippen LogP contribution in [-0.2, 0) is 10.0 Å². The summed E-state index contributed by atoms with van der Waals surface area (Å²) in [7, 11) is -0.679. The molecule has 19 heavy (non-hydrogen) atoms. The Bertz CT molecular complexity index is 527. The Hall–Kier alpha value is -1.31. The van der Waals surface area contributed by atoms with E-state index in [2.05, 4.69) is 4.72 Å². The Balaban J connectivity index is 3.12. The van der Waals surface area contributed by atoms with E-state index in [-0.39, 0.29) is 18.0 Å². The lowest BCUT2D eigenvalue weighted by Gasteiger charge is -2.13. The summed E-state index contributed by atoms with van der Waals surface area (Å²) in [4.78, 5) is 0.142. The van der Waals surface area contributed by atoms with Crippen LogP contribution in [0.5, 0.6) is 11.5 Å². The van der Waals surface area contributed by atoms with Crippen molar-refractivity contribution >= 4 is 10.0 Å². The number of nitrogens with one attached hydrogen (secondary N) is 1. The average Bonchev–Trinajstić information content (AvgIpc) is 2.38. The molecule has 0 atom stereocenters. The van der Waals surface area contributed by atoms with E-state index in [4.69, 9.17) is 14.6 Å². The molecular weight excluding hydrogens is 270 g/mol. The first-order valence-electron chi connectivity index (χ1n) is 5.79. The molecule has 0 aromatic heterocycles. The van der Waals surface area contributed by atoms with E-state index in [0.29, 0.717) is 23.5 Å². The molecule has 1 aromatic rings. The maximum absolute atomic E-state index is 12.1. The minimum atomic E-state index is -3.62. The van der Waals surface area contributed by atoms with E-state index >= 15 is 0 Å². The molecule has 0 bridgehead atoms. The molecule has 108 valence electrons. The number of hydrogen-bond acceptors (Lipinski definition) is 5. The van der Waals surface area contributed by atoms with Gasteiger partial charge in [0.2, 0.25) is 10.0 Å². The average molecular weight is 289 g/mol. The lowest BCUT2D eigenvalue weighted by atomic mass is 10.2. The summed E-state index contributed by atoms with van der Waals surface area (Å²) >= 11 is 0. The lowest BCUT2D eigenvalue weighted by Crippen LogP contribution is -2.26. The topological polar surface area (TPSA) is 84.9 Å². The zero-order valence-corrected chi connectivity index (χ0v) is 12.1. The minimum absolute atomic E-state index is 0.0621. The quantitative estimate of drug-likeness (QED) is 0.721. The fourth-order valence-electron chi connectivity index (χ4n) is 1.61. The first-order chi connectivity index (χ1) is 8.96. The van der Waals surface area contributed by atoms with Crippen LogP contribution in [-0.4, -0.2) is 40.9 Å². The molecular formula is C12H19NO5S. The minimum Gasteiger partial charge on any atom is -0.493 e. The van der Waals surface area contributed by atoms with Crippen molar-refractivity contribution in [2.75, 3.05) is 27.4 Å². The van der Waals surface area contributed by atoms with Crippen molar-refractivity contribution in [2.24, 2.45) is 0 Å². The van der Waals surface area contributed by atoms with Crippen molar-refractivity contribution in [3.63, 3.8) is 0 Å². The second-order valence-corrected chi connectivity index (χ2v) is 5.68. The number of aliphatic hydroxyl groups is 1. The van der Waals surface area contributed by atoms with Crippen LogP contribution in [0.1, 0.15) is 12.0 Å². The molecule has 0 heterocycles. The monoisotopic (exact) mass is 289 g/mol. The molecule has 2 N–H and O–H groups in total. The number of ether oxygens (including phenoxy) is 2. The Kier molecular flexibility index (Phi) is 5.59. The summed E-state index contributed by atoms with van der Waals surface area (Å²) in [5.41, 5.74) is 0.564. The Labute approximate surface area is 113 Å². The van der Waals surface area contributed by atoms with Gasteiger partial charge in [0.05, 0.1) is 19.1 Å². The van der Waals surface area contributed by atoms with E-state index in [1.165, 1.54) is 20.3 Å². The molecule has 0 aliphatic rings. The van der Waals surface area contributed by atoms with Crippen LogP contribution in [0, 0.1) is 6.92 Å². The summed E-state index contributed by atoms with van der Waals surface area (Å²) in [6.07, 6.45) is 0.367. The van der Waals surface area contributed by atoms with Gasteiger partial charge >= 0.3 is 0 Å². The zero-order chi connectivity index (χ0) is 14.5. The van der Waals surface area contributed by atoms with E-state index in [0.717, 1.165) is 0 Å². The van der Waals surface area contributed by atoms with Gasteiger partial charge in [-0.2, -0.15) is 0 Å². The predicted molar refractivity (Wildman–Crippen MR) is 71.2 cm³/mol. The van der Waals surface area contributed by atoms with Crippen molar-refractivity contribution in [1.82, 2.24) is 4.72 Å². The van der Waals surface area contributed by atoms with Crippen molar-refractivity contribution in [3.8, 4) is 11.5 Å². The summed E-state index contributed by atoms with van der Waals surface area (Å²) < 4.78 is 36.8. The molecule has 0 amide bonds. The summed E-state index contributed by atoms with van der Waals surface area (Å²) in [6.45, 7) is 1.81. The molecule has 0 saturated carbocycles. The van der Waals surface area contributed by atoms with Gasteiger partial charge in [-0.25, -0.2) is 13.1 Å². The van der Waals surface area contributed by atoms with E-state index in [1.54, 1.807) is 13.0 Å². The van der Waals surface area contributed by atoms with Gasteiger partial charge in [0, 0.05) is 19.2 Å². The van der Waals surface area contributed by atoms with Gasteiger partial charge in [0.25, 0.3) is 0 Å². The molecule has 0 aliphatic carbocycles. The fourth-order valence-corrected chi connectivity index (χ4v) is 2.93. The Morgan fingerprint density at radius 2 is 1.79 bits per heavy atom. The Morgan fingerprint density at radius 3 is 2.32 bits per heavy atom. The van der Waals surface area contributed by atoms with Crippen LogP contribution in [0.4, 0.5) is 0 Å². The third-order valence-corrected chi connectivity index (χ3v) is 4.20. The van der Waals surface area contributed by atoms with Crippen LogP contribution >= 0.6 is 0 Å². The maximum Gasteiger partial charge on any atom is 0.240 e. The SMILES string of the molecule is COc1cc(C)c(S(=O)(=O)NCCCO)cc1OC. The summed E-state index contributed by atoms with van der Waals surface area (Å²) in [6, 6.07) is 3.04. The number of hydrogen-bond donors (Lipinski definition) is 2. The highest BCUT2D eigenvalue weighted by Crippen LogP contribution is 2.32. The van der Waals surface area contributed by atoms with Crippen LogP contribution in [0.3, 0.4) is 0 Å². The second kappa shape index (κ2) is 6.74. The number of aryl methyl sites for hydroxylation is 1. The molecule has 0 spiro atoms. The van der Waals surface area contributed by atoms with E-state index < -0.39 is 10.0 Å². The van der Waals surface area contributed by atoms with E-state index in [9.17, 15) is 8.42 Å². The molecule has 1 rings (SSSR count). The molecule has 0 saturated heterocycles. The number of aliphatic hydroxyl groups excluding tert-OH is 1. The third-order valence-electron chi connectivity index (χ3n) is 2.60. The molecule has 1 aromatic carbocycles. The van der Waals surface area contributed by atoms with Gasteiger partial charge in [-0.15, -0.1) is 0 Å². The van der Waals surface area contributed by atoms with Gasteiger partial charge in [-0.3, -0.25) is 0 Å². The number of methoxy groups -OCH3 is 2. The first kappa shape index (κ1) is 15.7. The highest BCUT2D eigenvalue weighted by Gasteiger charge is 2.19. The molecule has 0 fully saturated rings. The Morgan fingerprint density at radius 1 is 1.21 bits per heavy atom. The molecule has 7 heteroatoms. The largest absolute Gasteiger partial charge is 0.493 e. The van der Waals surface area contributed by atoms with Gasteiger partial charge in [-0.05, 0) is 25.0 Å². The lowest BCUT2D eigenvalue weighted by molar-refractivity contribution is 0.289. The summed E-state index contributed by atoms with van der Waals surface area (Å²) in [5.74, 6) is 0.838. The highest BCUT2D eigenvalue weighted by atomic mass is 32.2. The van der Waals surface area contributed by atoms with Gasteiger partial charge in [0.15, 0.2) is 11.5 Å². The van der Waals surface area contributed by atoms with Crippen LogP contribution in [0.2, 0.25) is 0 Å². The second-order valence-electron chi connectivity index (χ2n) is 3.95. The van der Waals surface area contributed by atoms with Gasteiger partial charge in [0.1, 0.15) is 0 Å². The van der Waals surface area contributed by atoms with Crippen LogP contribution in [0.25, 0.3) is 0 Å². The molecule has 0 aliphatic heterocycles. The molecule has 6 nitrogen and oxygen atoms in total. The van der Waals surface area contributed by atoms with E-state index in [1.807, 2.05) is 0 Å². The number of rotatable bonds is 7. The maximum atomic E-state index is 12.1. The first-order valence-corrected chi connectivity index (χ1v) is 7.27. The fraction of sp³-hybridized carbons (Fsp3) is 0.500. The highest BCUT2D eigenvalue weighted by molar-refractivity contribution is 7.89. The van der Waals surface area contributed by atoms with Crippen molar-refractivity contribution in [1.29, 1.82) is 0 Å². The van der Waals surface area contributed by atoms with Crippen molar-refractivity contribution in [2.45, 2.75) is 18.2 Å². The summed E-state index contributed by atoms with van der Waals surface area (Å²) in [5, 5.41) is 8.67. The number of benzene rings is 1. The molecule has 0 radical (unpaired) electrons. The zero-order valence-electron chi connectivity index (χ0n) is 11.3. The van der Waals surface area contributed by atoms with Crippen molar-refractivity contribution in [3.05, 3.63) is 17.7 Å². The van der Waals surface area contributed by atoms with Gasteiger partial charge < -0.3 is 14.6 Å². The molecule has 0 unspecified atom stereocenters. The normalized spacial score (nSPS) is 11.4. The predicted octanol–water partition coefficient (Wildman–Crippen LogP) is 0.673. The van der Waals surface area contributed by atoms with Crippen LogP contribution < -0.4 is 14.2 Å². The number of sulfonamides is 1. The van der Waals surface area contributed by atoms with Crippen LogP contribution in [0.15, 0.2) is 17.0 Å². The van der Waals surface area contributed by atoms with Crippen molar-refractivity contribution < 1.29 is 23.0 Å². The third kappa shape index (κ3) is 3.82. The van der Waals surface area contributed by atoms with Gasteiger partial charge in [-0.1, -0.05) is 0 Å². The standard InChI is InChI=1S/C12H19NO5S/c1-9-7-10(17-2)11(18-3)8-12(9)19(15,16)13-5-4-6-14/h7-8,13-14H,4-6H2,1-3H3. The smallest absolute Gasteiger partial charge is 0.240 e.